The van der Waals surface area contributed by atoms with Crippen molar-refractivity contribution in [3.8, 4) is 0 Å². The Morgan fingerprint density at radius 2 is 1.90 bits per heavy atom. The minimum atomic E-state index is -3.77. The quantitative estimate of drug-likeness (QED) is 0.643. The maximum atomic E-state index is 13.4. The second kappa shape index (κ2) is 7.96. The zero-order chi connectivity index (χ0) is 22.1. The third kappa shape index (κ3) is 5.08. The summed E-state index contributed by atoms with van der Waals surface area (Å²) < 4.78 is 41.9. The van der Waals surface area contributed by atoms with Gasteiger partial charge in [0.15, 0.2) is 0 Å². The molecule has 1 amide bonds. The SMILES string of the molecule is CC(C)(C)NS(=O)(=O)c1cccc(NC(=O)Cn2cnc3ccc(F)cc3c2=O)c1. The van der Waals surface area contributed by atoms with Gasteiger partial charge in [-0.05, 0) is 57.2 Å². The van der Waals surface area contributed by atoms with Gasteiger partial charge in [-0.15, -0.1) is 0 Å². The van der Waals surface area contributed by atoms with Crippen molar-refractivity contribution < 1.29 is 17.6 Å². The highest BCUT2D eigenvalue weighted by Gasteiger charge is 2.22. The maximum absolute atomic E-state index is 13.4. The summed E-state index contributed by atoms with van der Waals surface area (Å²) in [4.78, 5) is 28.9. The number of benzene rings is 2. The molecule has 10 heteroatoms. The molecule has 2 N–H and O–H groups in total. The summed E-state index contributed by atoms with van der Waals surface area (Å²) in [5.41, 5.74) is -0.644. The summed E-state index contributed by atoms with van der Waals surface area (Å²) in [5, 5.41) is 2.62. The van der Waals surface area contributed by atoms with Crippen molar-refractivity contribution in [3.63, 3.8) is 0 Å². The van der Waals surface area contributed by atoms with Crippen LogP contribution in [0.1, 0.15) is 20.8 Å². The molecular formula is C20H21FN4O4S. The van der Waals surface area contributed by atoms with Gasteiger partial charge in [0.1, 0.15) is 12.4 Å². The number of nitrogens with one attached hydrogen (secondary N) is 2. The Morgan fingerprint density at radius 1 is 1.17 bits per heavy atom. The number of hydrogen-bond donors (Lipinski definition) is 2. The number of sulfonamides is 1. The first-order valence-electron chi connectivity index (χ1n) is 9.03. The van der Waals surface area contributed by atoms with Crippen LogP contribution in [0.25, 0.3) is 10.9 Å². The van der Waals surface area contributed by atoms with E-state index in [-0.39, 0.29) is 22.5 Å². The average Bonchev–Trinajstić information content (AvgIpc) is 2.63. The van der Waals surface area contributed by atoms with E-state index in [1.54, 1.807) is 20.8 Å². The van der Waals surface area contributed by atoms with Crippen molar-refractivity contribution in [1.29, 1.82) is 0 Å². The van der Waals surface area contributed by atoms with Gasteiger partial charge >= 0.3 is 0 Å². The van der Waals surface area contributed by atoms with Gasteiger partial charge in [-0.25, -0.2) is 22.5 Å². The van der Waals surface area contributed by atoms with Crippen molar-refractivity contribution in [2.75, 3.05) is 5.32 Å². The van der Waals surface area contributed by atoms with Gasteiger partial charge in [0.05, 0.1) is 22.1 Å². The first kappa shape index (κ1) is 21.6. The smallest absolute Gasteiger partial charge is 0.261 e. The molecule has 0 bridgehead atoms. The number of amides is 1. The lowest BCUT2D eigenvalue weighted by Crippen LogP contribution is -2.40. The molecule has 0 saturated carbocycles. The summed E-state index contributed by atoms with van der Waals surface area (Å²) in [6.07, 6.45) is 1.20. The lowest BCUT2D eigenvalue weighted by atomic mass is 10.1. The summed E-state index contributed by atoms with van der Waals surface area (Å²) in [6.45, 7) is 4.79. The number of hydrogen-bond acceptors (Lipinski definition) is 5. The molecule has 0 aliphatic carbocycles. The van der Waals surface area contributed by atoms with Crippen LogP contribution in [0.2, 0.25) is 0 Å². The van der Waals surface area contributed by atoms with Gasteiger partial charge in [-0.3, -0.25) is 14.2 Å². The molecule has 0 spiro atoms. The third-order valence-electron chi connectivity index (χ3n) is 3.97. The van der Waals surface area contributed by atoms with Crippen molar-refractivity contribution in [2.24, 2.45) is 0 Å². The highest BCUT2D eigenvalue weighted by atomic mass is 32.2. The van der Waals surface area contributed by atoms with Crippen molar-refractivity contribution >= 4 is 32.5 Å². The van der Waals surface area contributed by atoms with Gasteiger partial charge < -0.3 is 5.32 Å². The van der Waals surface area contributed by atoms with Gasteiger partial charge in [0.25, 0.3) is 5.56 Å². The summed E-state index contributed by atoms with van der Waals surface area (Å²) in [7, 11) is -3.77. The average molecular weight is 432 g/mol. The highest BCUT2D eigenvalue weighted by Crippen LogP contribution is 2.17. The number of nitrogens with zero attached hydrogens (tertiary/aromatic N) is 2. The first-order chi connectivity index (χ1) is 13.9. The number of anilines is 1. The molecule has 0 saturated heterocycles. The summed E-state index contributed by atoms with van der Waals surface area (Å²) >= 11 is 0. The van der Waals surface area contributed by atoms with Crippen LogP contribution in [0.15, 0.2) is 58.5 Å². The molecule has 2 aromatic carbocycles. The molecular weight excluding hydrogens is 411 g/mol. The van der Waals surface area contributed by atoms with Gasteiger partial charge in [-0.2, -0.15) is 0 Å². The standard InChI is InChI=1S/C20H21FN4O4S/c1-20(2,3)24-30(28,29)15-6-4-5-14(10-15)23-18(26)11-25-12-22-17-8-7-13(21)9-16(17)19(25)27/h4-10,12,24H,11H2,1-3H3,(H,23,26). The number of rotatable bonds is 5. The topological polar surface area (TPSA) is 110 Å². The van der Waals surface area contributed by atoms with Crippen molar-refractivity contribution in [2.45, 2.75) is 37.8 Å². The third-order valence-corrected chi connectivity index (χ3v) is 5.72. The van der Waals surface area contributed by atoms with Gasteiger partial charge in [-0.1, -0.05) is 6.07 Å². The van der Waals surface area contributed by atoms with E-state index in [9.17, 15) is 22.4 Å². The Morgan fingerprint density at radius 3 is 2.60 bits per heavy atom. The van der Waals surface area contributed by atoms with E-state index in [1.165, 1.54) is 42.7 Å². The highest BCUT2D eigenvalue weighted by molar-refractivity contribution is 7.89. The van der Waals surface area contributed by atoms with Crippen LogP contribution >= 0.6 is 0 Å². The monoisotopic (exact) mass is 432 g/mol. The van der Waals surface area contributed by atoms with E-state index in [1.807, 2.05) is 0 Å². The fraction of sp³-hybridized carbons (Fsp3) is 0.250. The van der Waals surface area contributed by atoms with E-state index in [4.69, 9.17) is 0 Å². The van der Waals surface area contributed by atoms with Crippen LogP contribution in [0.5, 0.6) is 0 Å². The number of halogens is 1. The Labute approximate surface area is 172 Å². The van der Waals surface area contributed by atoms with Crippen LogP contribution in [0.3, 0.4) is 0 Å². The number of fused-ring (bicyclic) bond motifs is 1. The summed E-state index contributed by atoms with van der Waals surface area (Å²) in [6, 6.07) is 9.41. The van der Waals surface area contributed by atoms with E-state index in [0.29, 0.717) is 5.52 Å². The molecule has 0 aliphatic heterocycles. The molecule has 0 radical (unpaired) electrons. The van der Waals surface area contributed by atoms with Gasteiger partial charge in [0, 0.05) is 11.2 Å². The first-order valence-corrected chi connectivity index (χ1v) is 10.5. The Balaban J connectivity index is 1.80. The molecule has 3 aromatic rings. The largest absolute Gasteiger partial charge is 0.324 e. The van der Waals surface area contributed by atoms with Crippen molar-refractivity contribution in [3.05, 3.63) is 65.0 Å². The Kier molecular flexibility index (Phi) is 5.73. The molecule has 0 atom stereocenters. The number of aromatic nitrogens is 2. The fourth-order valence-electron chi connectivity index (χ4n) is 2.80. The minimum Gasteiger partial charge on any atom is -0.324 e. The molecule has 3 rings (SSSR count). The molecule has 8 nitrogen and oxygen atoms in total. The lowest BCUT2D eigenvalue weighted by Gasteiger charge is -2.20. The van der Waals surface area contributed by atoms with E-state index < -0.39 is 32.8 Å². The predicted molar refractivity (Wildman–Crippen MR) is 111 cm³/mol. The normalized spacial score (nSPS) is 12.1. The maximum Gasteiger partial charge on any atom is 0.261 e. The second-order valence-electron chi connectivity index (χ2n) is 7.77. The molecule has 158 valence electrons. The molecule has 30 heavy (non-hydrogen) atoms. The number of carbonyl (C=O) groups is 1. The lowest BCUT2D eigenvalue weighted by molar-refractivity contribution is -0.116. The summed E-state index contributed by atoms with van der Waals surface area (Å²) in [5.74, 6) is -1.14. The van der Waals surface area contributed by atoms with Crippen LogP contribution in [-0.2, 0) is 21.4 Å². The van der Waals surface area contributed by atoms with Gasteiger partial charge in [0.2, 0.25) is 15.9 Å². The zero-order valence-corrected chi connectivity index (χ0v) is 17.5. The van der Waals surface area contributed by atoms with Crippen LogP contribution in [0, 0.1) is 5.82 Å². The van der Waals surface area contributed by atoms with E-state index in [0.717, 1.165) is 10.6 Å². The molecule has 1 heterocycles. The molecule has 0 unspecified atom stereocenters. The predicted octanol–water partition coefficient (Wildman–Crippen LogP) is 2.25. The molecule has 0 fully saturated rings. The van der Waals surface area contributed by atoms with Crippen molar-refractivity contribution in [1.82, 2.24) is 14.3 Å². The van der Waals surface area contributed by atoms with Crippen LogP contribution in [-0.4, -0.2) is 29.4 Å². The Hall–Kier alpha value is -3.11. The minimum absolute atomic E-state index is 0.00441. The molecule has 1 aromatic heterocycles. The Bertz CT molecular complexity index is 1280. The van der Waals surface area contributed by atoms with E-state index >= 15 is 0 Å². The second-order valence-corrected chi connectivity index (χ2v) is 9.45. The zero-order valence-electron chi connectivity index (χ0n) is 16.6. The number of carbonyl (C=O) groups excluding carboxylic acids is 1. The van der Waals surface area contributed by atoms with Crippen LogP contribution in [0.4, 0.5) is 10.1 Å². The van der Waals surface area contributed by atoms with E-state index in [2.05, 4.69) is 15.0 Å². The fourth-order valence-corrected chi connectivity index (χ4v) is 4.27. The van der Waals surface area contributed by atoms with Crippen LogP contribution < -0.4 is 15.6 Å². The molecule has 0 aliphatic rings.